The predicted molar refractivity (Wildman–Crippen MR) is 105 cm³/mol. The van der Waals surface area contributed by atoms with Crippen LogP contribution < -0.4 is 4.74 Å². The minimum Gasteiger partial charge on any atom is -0.507 e. The summed E-state index contributed by atoms with van der Waals surface area (Å²) in [5.41, 5.74) is 0.0839. The number of rotatable bonds is 4. The third-order valence-corrected chi connectivity index (χ3v) is 7.83. The van der Waals surface area contributed by atoms with Gasteiger partial charge >= 0.3 is 0 Å². The fourth-order valence-electron chi connectivity index (χ4n) is 6.36. The Morgan fingerprint density at radius 1 is 1.14 bits per heavy atom. The second-order valence-electron chi connectivity index (χ2n) is 10.0. The molecule has 2 bridgehead atoms. The standard InChI is InChI=1S/C23H30O5/c1-12(2)7-13-9-23(6-5-14-8-17(23)22(14,3)4)28-21-16(11-25)19(26)15(10-24)20(27)18(13)21/h10-14,17,26-27H,5-9H2,1-4H3/t13-,14-,17-,23+/m0/s1. The molecule has 2 N–H and O–H groups in total. The highest BCUT2D eigenvalue weighted by atomic mass is 16.5. The zero-order chi connectivity index (χ0) is 20.4. The number of aldehydes is 2. The molecule has 3 fully saturated rings. The van der Waals surface area contributed by atoms with Gasteiger partial charge in [-0.2, -0.15) is 0 Å². The summed E-state index contributed by atoms with van der Waals surface area (Å²) >= 11 is 0. The molecule has 0 aromatic heterocycles. The third-order valence-electron chi connectivity index (χ3n) is 7.83. The molecule has 28 heavy (non-hydrogen) atoms. The minimum absolute atomic E-state index is 0.0121. The summed E-state index contributed by atoms with van der Waals surface area (Å²) in [4.78, 5) is 23.4. The molecule has 0 radical (unpaired) electrons. The highest BCUT2D eigenvalue weighted by Gasteiger charge is 2.64. The van der Waals surface area contributed by atoms with Gasteiger partial charge in [0.25, 0.3) is 0 Å². The molecule has 1 aliphatic heterocycles. The van der Waals surface area contributed by atoms with Crippen LogP contribution in [0.1, 0.15) is 92.0 Å². The second-order valence-corrected chi connectivity index (χ2v) is 10.0. The van der Waals surface area contributed by atoms with E-state index in [0.717, 1.165) is 32.1 Å². The van der Waals surface area contributed by atoms with Crippen molar-refractivity contribution >= 4 is 12.6 Å². The van der Waals surface area contributed by atoms with Gasteiger partial charge < -0.3 is 14.9 Å². The summed E-state index contributed by atoms with van der Waals surface area (Å²) in [6.07, 6.45) is 5.69. The van der Waals surface area contributed by atoms with Gasteiger partial charge in [-0.3, -0.25) is 9.59 Å². The van der Waals surface area contributed by atoms with E-state index < -0.39 is 5.75 Å². The molecule has 152 valence electrons. The molecule has 0 saturated heterocycles. The fraction of sp³-hybridized carbons (Fsp3) is 0.652. The van der Waals surface area contributed by atoms with Crippen LogP contribution in [0.4, 0.5) is 0 Å². The Balaban J connectivity index is 1.91. The highest BCUT2D eigenvalue weighted by molar-refractivity contribution is 5.95. The van der Waals surface area contributed by atoms with Crippen molar-refractivity contribution in [1.29, 1.82) is 0 Å². The maximum atomic E-state index is 11.9. The first-order valence-electron chi connectivity index (χ1n) is 10.4. The van der Waals surface area contributed by atoms with Crippen LogP contribution >= 0.6 is 0 Å². The Morgan fingerprint density at radius 3 is 2.36 bits per heavy atom. The summed E-state index contributed by atoms with van der Waals surface area (Å²) in [7, 11) is 0. The molecule has 4 aliphatic rings. The maximum absolute atomic E-state index is 11.9. The van der Waals surface area contributed by atoms with Gasteiger partial charge in [-0.25, -0.2) is 0 Å². The van der Waals surface area contributed by atoms with E-state index in [1.54, 1.807) is 0 Å². The molecule has 1 aromatic rings. The summed E-state index contributed by atoms with van der Waals surface area (Å²) in [6.45, 7) is 8.86. The van der Waals surface area contributed by atoms with Gasteiger partial charge in [0.1, 0.15) is 22.8 Å². The second kappa shape index (κ2) is 6.23. The largest absolute Gasteiger partial charge is 0.507 e. The molecule has 5 rings (SSSR count). The van der Waals surface area contributed by atoms with Gasteiger partial charge in [-0.05, 0) is 55.3 Å². The Labute approximate surface area is 166 Å². The van der Waals surface area contributed by atoms with Crippen LogP contribution in [0.15, 0.2) is 0 Å². The van der Waals surface area contributed by atoms with Gasteiger partial charge in [0.2, 0.25) is 0 Å². The van der Waals surface area contributed by atoms with Crippen molar-refractivity contribution in [2.75, 3.05) is 0 Å². The van der Waals surface area contributed by atoms with E-state index in [9.17, 15) is 19.8 Å². The van der Waals surface area contributed by atoms with Crippen molar-refractivity contribution in [3.8, 4) is 17.2 Å². The van der Waals surface area contributed by atoms with Gasteiger partial charge in [-0.1, -0.05) is 27.7 Å². The SMILES string of the molecule is CC(C)C[C@H]1C[C@@]2(CC[C@H]3C[C@H]2C3(C)C)Oc2c(C=O)c(O)c(C=O)c(O)c21. The average Bonchev–Trinajstić information content (AvgIpc) is 2.61. The molecule has 4 atom stereocenters. The van der Waals surface area contributed by atoms with Gasteiger partial charge in [-0.15, -0.1) is 0 Å². The Kier molecular flexibility index (Phi) is 4.29. The van der Waals surface area contributed by atoms with Crippen molar-refractivity contribution in [3.05, 3.63) is 16.7 Å². The van der Waals surface area contributed by atoms with Gasteiger partial charge in [0.15, 0.2) is 12.6 Å². The number of carbonyl (C=O) groups is 2. The van der Waals surface area contributed by atoms with E-state index in [1.165, 1.54) is 0 Å². The van der Waals surface area contributed by atoms with Gasteiger partial charge in [0.05, 0.1) is 11.1 Å². The zero-order valence-corrected chi connectivity index (χ0v) is 17.1. The molecule has 3 saturated carbocycles. The lowest BCUT2D eigenvalue weighted by Gasteiger charge is -2.66. The van der Waals surface area contributed by atoms with Crippen molar-refractivity contribution in [1.82, 2.24) is 0 Å². The zero-order valence-electron chi connectivity index (χ0n) is 17.1. The molecule has 1 heterocycles. The molecule has 3 aliphatic carbocycles. The Bertz CT molecular complexity index is 838. The lowest BCUT2D eigenvalue weighted by atomic mass is 9.42. The number of fused-ring (bicyclic) bond motifs is 2. The van der Waals surface area contributed by atoms with E-state index in [-0.39, 0.29) is 39.6 Å². The molecule has 5 heteroatoms. The molecular weight excluding hydrogens is 356 g/mol. The lowest BCUT2D eigenvalue weighted by Crippen LogP contribution is -2.65. The Morgan fingerprint density at radius 2 is 1.82 bits per heavy atom. The lowest BCUT2D eigenvalue weighted by molar-refractivity contribution is -0.199. The van der Waals surface area contributed by atoms with E-state index >= 15 is 0 Å². The highest BCUT2D eigenvalue weighted by Crippen LogP contribution is 2.67. The van der Waals surface area contributed by atoms with Crippen LogP contribution in [-0.2, 0) is 0 Å². The first kappa shape index (κ1) is 19.3. The maximum Gasteiger partial charge on any atom is 0.157 e. The number of phenolic OH excluding ortho intramolecular Hbond substituents is 2. The Hall–Kier alpha value is -2.04. The topological polar surface area (TPSA) is 83.8 Å². The molecule has 0 unspecified atom stereocenters. The predicted octanol–water partition coefficient (Wildman–Crippen LogP) is 4.83. The van der Waals surface area contributed by atoms with E-state index in [4.69, 9.17) is 4.74 Å². The summed E-state index contributed by atoms with van der Waals surface area (Å²) in [6, 6.07) is 0. The van der Waals surface area contributed by atoms with Crippen molar-refractivity contribution in [2.45, 2.75) is 71.3 Å². The molecule has 1 aromatic carbocycles. The monoisotopic (exact) mass is 386 g/mol. The molecule has 1 spiro atoms. The smallest absolute Gasteiger partial charge is 0.157 e. The van der Waals surface area contributed by atoms with Crippen LogP contribution in [0.2, 0.25) is 0 Å². The number of carbonyl (C=O) groups excluding carboxylic acids is 2. The van der Waals surface area contributed by atoms with Crippen molar-refractivity contribution in [3.63, 3.8) is 0 Å². The molecule has 5 nitrogen and oxygen atoms in total. The average molecular weight is 386 g/mol. The number of aromatic hydroxyl groups is 2. The van der Waals surface area contributed by atoms with E-state index in [2.05, 4.69) is 27.7 Å². The number of phenols is 2. The van der Waals surface area contributed by atoms with Gasteiger partial charge in [0, 0.05) is 11.5 Å². The van der Waals surface area contributed by atoms with E-state index in [1.807, 2.05) is 0 Å². The fourth-order valence-corrected chi connectivity index (χ4v) is 6.36. The van der Waals surface area contributed by atoms with Crippen LogP contribution in [0.3, 0.4) is 0 Å². The first-order valence-corrected chi connectivity index (χ1v) is 10.4. The first-order chi connectivity index (χ1) is 13.2. The molecular formula is C23H30O5. The van der Waals surface area contributed by atoms with Crippen LogP contribution in [0, 0.1) is 23.2 Å². The minimum atomic E-state index is -0.483. The normalized spacial score (nSPS) is 32.4. The summed E-state index contributed by atoms with van der Waals surface area (Å²) in [5, 5.41) is 21.3. The third kappa shape index (κ3) is 2.44. The summed E-state index contributed by atoms with van der Waals surface area (Å²) in [5.74, 6) is 1.02. The van der Waals surface area contributed by atoms with Crippen molar-refractivity contribution in [2.24, 2.45) is 23.2 Å². The van der Waals surface area contributed by atoms with Crippen molar-refractivity contribution < 1.29 is 24.5 Å². The number of hydrogen-bond acceptors (Lipinski definition) is 5. The number of ether oxygens (including phenoxy) is 1. The number of hydrogen-bond donors (Lipinski definition) is 2. The quantitative estimate of drug-likeness (QED) is 0.724. The molecule has 0 amide bonds. The number of benzene rings is 1. The van der Waals surface area contributed by atoms with Crippen LogP contribution in [0.5, 0.6) is 17.2 Å². The van der Waals surface area contributed by atoms with Crippen LogP contribution in [0.25, 0.3) is 0 Å². The van der Waals surface area contributed by atoms with Crippen LogP contribution in [-0.4, -0.2) is 28.4 Å². The summed E-state index contributed by atoms with van der Waals surface area (Å²) < 4.78 is 6.57. The van der Waals surface area contributed by atoms with E-state index in [0.29, 0.717) is 35.9 Å².